The molecule has 0 bridgehead atoms. The summed E-state index contributed by atoms with van der Waals surface area (Å²) in [5, 5.41) is 0. The number of ether oxygens (including phenoxy) is 1. The van der Waals surface area contributed by atoms with E-state index in [2.05, 4.69) is 35.8 Å². The minimum atomic E-state index is 0.660. The van der Waals surface area contributed by atoms with Crippen molar-refractivity contribution in [1.82, 2.24) is 9.88 Å². The number of hydrogen-bond donors (Lipinski definition) is 0. The second kappa shape index (κ2) is 6.33. The summed E-state index contributed by atoms with van der Waals surface area (Å²) >= 11 is 0. The fourth-order valence-electron chi connectivity index (χ4n) is 1.47. The van der Waals surface area contributed by atoms with Crippen LogP contribution in [-0.4, -0.2) is 50.7 Å². The lowest BCUT2D eigenvalue weighted by Gasteiger charge is -2.24. The Bertz CT molecular complexity index is 298. The van der Waals surface area contributed by atoms with Crippen molar-refractivity contribution in [3.63, 3.8) is 0 Å². The van der Waals surface area contributed by atoms with Gasteiger partial charge in [0.2, 0.25) is 5.88 Å². The summed E-state index contributed by atoms with van der Waals surface area (Å²) in [5.41, 5.74) is 1.14. The Hall–Kier alpha value is -1.29. The summed E-state index contributed by atoms with van der Waals surface area (Å²) in [6.45, 7) is 5.19. The molecule has 0 radical (unpaired) electrons. The molecule has 0 atom stereocenters. The second-order valence-corrected chi connectivity index (χ2v) is 3.94. The van der Waals surface area contributed by atoms with Gasteiger partial charge in [-0.3, -0.25) is 0 Å². The Morgan fingerprint density at radius 3 is 2.44 bits per heavy atom. The van der Waals surface area contributed by atoms with Crippen molar-refractivity contribution < 1.29 is 4.74 Å². The molecular formula is C12H21N3O. The molecule has 0 amide bonds. The molecule has 0 saturated carbocycles. The summed E-state index contributed by atoms with van der Waals surface area (Å²) in [4.78, 5) is 8.69. The molecule has 0 aliphatic rings. The molecule has 0 saturated heterocycles. The Labute approximate surface area is 97.8 Å². The van der Waals surface area contributed by atoms with E-state index in [0.717, 1.165) is 25.3 Å². The van der Waals surface area contributed by atoms with Gasteiger partial charge in [0.25, 0.3) is 0 Å². The maximum atomic E-state index is 5.04. The lowest BCUT2D eigenvalue weighted by molar-refractivity contribution is 0.397. The average Bonchev–Trinajstić information content (AvgIpc) is 2.30. The molecule has 4 nitrogen and oxygen atoms in total. The van der Waals surface area contributed by atoms with Crippen LogP contribution in [0.2, 0.25) is 0 Å². The highest BCUT2D eigenvalue weighted by molar-refractivity contribution is 5.45. The Morgan fingerprint density at radius 2 is 2.00 bits per heavy atom. The zero-order valence-corrected chi connectivity index (χ0v) is 10.6. The number of anilines is 1. The fourth-order valence-corrected chi connectivity index (χ4v) is 1.47. The Balaban J connectivity index is 2.63. The third-order valence-electron chi connectivity index (χ3n) is 2.49. The molecular weight excluding hydrogens is 202 g/mol. The molecule has 1 rings (SSSR count). The highest BCUT2D eigenvalue weighted by Crippen LogP contribution is 2.15. The van der Waals surface area contributed by atoms with Crippen LogP contribution in [0.15, 0.2) is 18.3 Å². The third-order valence-corrected chi connectivity index (χ3v) is 2.49. The predicted octanol–water partition coefficient (Wildman–Crippen LogP) is 1.48. The number of nitrogens with zero attached hydrogens (tertiary/aromatic N) is 3. The van der Waals surface area contributed by atoms with Gasteiger partial charge in [0.1, 0.15) is 0 Å². The molecule has 0 aliphatic heterocycles. The van der Waals surface area contributed by atoms with E-state index < -0.39 is 0 Å². The van der Waals surface area contributed by atoms with Crippen LogP contribution in [0.4, 0.5) is 5.69 Å². The molecule has 0 aliphatic carbocycles. The number of likely N-dealkylation sites (N-methyl/N-ethyl adjacent to an activating group) is 2. The van der Waals surface area contributed by atoms with Crippen molar-refractivity contribution in [1.29, 1.82) is 0 Å². The van der Waals surface area contributed by atoms with E-state index in [1.54, 1.807) is 7.11 Å². The zero-order valence-electron chi connectivity index (χ0n) is 10.6. The van der Waals surface area contributed by atoms with Crippen LogP contribution in [0, 0.1) is 0 Å². The minimum absolute atomic E-state index is 0.660. The van der Waals surface area contributed by atoms with Crippen LogP contribution in [0.1, 0.15) is 6.92 Å². The number of pyridine rings is 1. The van der Waals surface area contributed by atoms with Gasteiger partial charge in [-0.1, -0.05) is 0 Å². The minimum Gasteiger partial charge on any atom is -0.481 e. The van der Waals surface area contributed by atoms with Crippen molar-refractivity contribution in [2.75, 3.05) is 45.7 Å². The van der Waals surface area contributed by atoms with Gasteiger partial charge in [0, 0.05) is 25.7 Å². The van der Waals surface area contributed by atoms with E-state index in [9.17, 15) is 0 Å². The average molecular weight is 223 g/mol. The third kappa shape index (κ3) is 3.70. The molecule has 1 aromatic heterocycles. The topological polar surface area (TPSA) is 28.6 Å². The largest absolute Gasteiger partial charge is 0.481 e. The smallest absolute Gasteiger partial charge is 0.213 e. The molecule has 0 unspecified atom stereocenters. The van der Waals surface area contributed by atoms with E-state index >= 15 is 0 Å². The molecule has 0 fully saturated rings. The van der Waals surface area contributed by atoms with Crippen molar-refractivity contribution in [2.24, 2.45) is 0 Å². The molecule has 4 heteroatoms. The van der Waals surface area contributed by atoms with Crippen LogP contribution in [-0.2, 0) is 0 Å². The number of hydrogen-bond acceptors (Lipinski definition) is 4. The summed E-state index contributed by atoms with van der Waals surface area (Å²) in [6.07, 6.45) is 1.86. The van der Waals surface area contributed by atoms with Gasteiger partial charge in [0.05, 0.1) is 19.0 Å². The van der Waals surface area contributed by atoms with E-state index in [0.29, 0.717) is 5.88 Å². The van der Waals surface area contributed by atoms with Crippen LogP contribution in [0.3, 0.4) is 0 Å². The maximum Gasteiger partial charge on any atom is 0.213 e. The summed E-state index contributed by atoms with van der Waals surface area (Å²) in [7, 11) is 5.80. The predicted molar refractivity (Wildman–Crippen MR) is 67.2 cm³/mol. The molecule has 1 aromatic rings. The van der Waals surface area contributed by atoms with Crippen LogP contribution in [0.5, 0.6) is 5.88 Å². The lowest BCUT2D eigenvalue weighted by atomic mass is 10.3. The van der Waals surface area contributed by atoms with E-state index in [4.69, 9.17) is 4.74 Å². The van der Waals surface area contributed by atoms with E-state index in [-0.39, 0.29) is 0 Å². The molecule has 90 valence electrons. The van der Waals surface area contributed by atoms with Crippen LogP contribution >= 0.6 is 0 Å². The summed E-state index contributed by atoms with van der Waals surface area (Å²) < 4.78 is 5.04. The first-order chi connectivity index (χ1) is 7.67. The van der Waals surface area contributed by atoms with E-state index in [1.807, 2.05) is 18.3 Å². The van der Waals surface area contributed by atoms with E-state index in [1.165, 1.54) is 0 Å². The molecule has 0 N–H and O–H groups in total. The molecule has 1 heterocycles. The van der Waals surface area contributed by atoms with Gasteiger partial charge in [-0.25, -0.2) is 4.98 Å². The monoisotopic (exact) mass is 223 g/mol. The first-order valence-electron chi connectivity index (χ1n) is 5.57. The van der Waals surface area contributed by atoms with Crippen molar-refractivity contribution in [2.45, 2.75) is 6.92 Å². The molecule has 0 aromatic carbocycles. The lowest BCUT2D eigenvalue weighted by Crippen LogP contribution is -2.31. The van der Waals surface area contributed by atoms with Crippen molar-refractivity contribution >= 4 is 5.69 Å². The standard InChI is InChI=1S/C12H21N3O/c1-5-15(9-8-14(2)3)11-6-7-12(16-4)13-10-11/h6-7,10H,5,8-9H2,1-4H3. The van der Waals surface area contributed by atoms with Gasteiger partial charge < -0.3 is 14.5 Å². The van der Waals surface area contributed by atoms with Crippen LogP contribution in [0.25, 0.3) is 0 Å². The van der Waals surface area contributed by atoms with Crippen molar-refractivity contribution in [3.05, 3.63) is 18.3 Å². The highest BCUT2D eigenvalue weighted by atomic mass is 16.5. The fraction of sp³-hybridized carbons (Fsp3) is 0.583. The normalized spacial score (nSPS) is 10.6. The van der Waals surface area contributed by atoms with Gasteiger partial charge >= 0.3 is 0 Å². The molecule has 16 heavy (non-hydrogen) atoms. The second-order valence-electron chi connectivity index (χ2n) is 3.94. The summed E-state index contributed by atoms with van der Waals surface area (Å²) in [6, 6.07) is 3.94. The number of methoxy groups -OCH3 is 1. The first-order valence-corrected chi connectivity index (χ1v) is 5.57. The highest BCUT2D eigenvalue weighted by Gasteiger charge is 2.05. The van der Waals surface area contributed by atoms with Gasteiger partial charge in [-0.05, 0) is 27.1 Å². The first kappa shape index (κ1) is 12.8. The Morgan fingerprint density at radius 1 is 1.25 bits per heavy atom. The SMILES string of the molecule is CCN(CCN(C)C)c1ccc(OC)nc1. The maximum absolute atomic E-state index is 5.04. The summed E-state index contributed by atoms with van der Waals surface area (Å²) in [5.74, 6) is 0.660. The van der Waals surface area contributed by atoms with Crippen LogP contribution < -0.4 is 9.64 Å². The number of rotatable bonds is 6. The quantitative estimate of drug-likeness (QED) is 0.730. The Kier molecular flexibility index (Phi) is 5.05. The number of aromatic nitrogens is 1. The van der Waals surface area contributed by atoms with Gasteiger partial charge in [0.15, 0.2) is 0 Å². The van der Waals surface area contributed by atoms with Gasteiger partial charge in [-0.2, -0.15) is 0 Å². The van der Waals surface area contributed by atoms with Crippen molar-refractivity contribution in [3.8, 4) is 5.88 Å². The molecule has 0 spiro atoms. The zero-order chi connectivity index (χ0) is 12.0. The van der Waals surface area contributed by atoms with Gasteiger partial charge in [-0.15, -0.1) is 0 Å².